The Kier molecular flexibility index (Phi) is 3.88. The van der Waals surface area contributed by atoms with Crippen LogP contribution in [0.3, 0.4) is 0 Å². The Morgan fingerprint density at radius 2 is 2.43 bits per heavy atom. The molecule has 78 valence electrons. The van der Waals surface area contributed by atoms with Gasteiger partial charge in [-0.3, -0.25) is 4.79 Å². The minimum atomic E-state index is -0.760. The normalized spacial score (nSPS) is 12.8. The highest BCUT2D eigenvalue weighted by Crippen LogP contribution is 2.15. The van der Waals surface area contributed by atoms with Crippen molar-refractivity contribution in [3.05, 3.63) is 11.6 Å². The Hall–Kier alpha value is -1.10. The van der Waals surface area contributed by atoms with Crippen molar-refractivity contribution in [1.82, 2.24) is 4.98 Å². The van der Waals surface area contributed by atoms with E-state index in [1.165, 1.54) is 11.3 Å². The second-order valence-electron chi connectivity index (χ2n) is 3.41. The first-order valence-electron chi connectivity index (χ1n) is 4.47. The van der Waals surface area contributed by atoms with Gasteiger partial charge in [-0.05, 0) is 5.92 Å². The molecule has 1 aromatic rings. The Morgan fingerprint density at radius 3 is 2.86 bits per heavy atom. The number of anilines is 1. The Bertz CT molecular complexity index is 285. The average molecular weight is 214 g/mol. The summed E-state index contributed by atoms with van der Waals surface area (Å²) in [4.78, 5) is 14.9. The van der Waals surface area contributed by atoms with Gasteiger partial charge in [-0.2, -0.15) is 0 Å². The van der Waals surface area contributed by atoms with Gasteiger partial charge in [0.15, 0.2) is 5.13 Å². The summed E-state index contributed by atoms with van der Waals surface area (Å²) in [5.41, 5.74) is 0. The summed E-state index contributed by atoms with van der Waals surface area (Å²) in [6.45, 7) is 4.24. The maximum atomic E-state index is 10.8. The molecule has 0 spiro atoms. The fourth-order valence-corrected chi connectivity index (χ4v) is 1.66. The molecule has 0 bridgehead atoms. The maximum absolute atomic E-state index is 10.8. The molecule has 0 saturated carbocycles. The van der Waals surface area contributed by atoms with Crippen LogP contribution in [0.25, 0.3) is 0 Å². The minimum absolute atomic E-state index is 0.125. The number of hydrogen-bond donors (Lipinski definition) is 2. The number of aromatic nitrogens is 1. The molecule has 0 amide bonds. The van der Waals surface area contributed by atoms with Gasteiger partial charge >= 0.3 is 5.97 Å². The molecule has 1 heterocycles. The first-order chi connectivity index (χ1) is 6.61. The number of hydrogen-bond acceptors (Lipinski definition) is 4. The van der Waals surface area contributed by atoms with Crippen LogP contribution in [-0.2, 0) is 4.79 Å². The molecule has 0 aromatic carbocycles. The van der Waals surface area contributed by atoms with Gasteiger partial charge in [0.05, 0.1) is 5.92 Å². The van der Waals surface area contributed by atoms with Crippen molar-refractivity contribution in [2.45, 2.75) is 13.8 Å². The van der Waals surface area contributed by atoms with Crippen LogP contribution >= 0.6 is 11.3 Å². The fraction of sp³-hybridized carbons (Fsp3) is 0.556. The second kappa shape index (κ2) is 4.95. The quantitative estimate of drug-likeness (QED) is 0.786. The largest absolute Gasteiger partial charge is 0.481 e. The van der Waals surface area contributed by atoms with Crippen LogP contribution in [0.15, 0.2) is 11.6 Å². The molecule has 14 heavy (non-hydrogen) atoms. The molecule has 0 aliphatic heterocycles. The van der Waals surface area contributed by atoms with Gasteiger partial charge in [0, 0.05) is 18.1 Å². The standard InChI is InChI=1S/C9H14N2O2S/c1-6(2)7(8(12)13)5-11-9-10-3-4-14-9/h3-4,6-7H,5H2,1-2H3,(H,10,11)(H,12,13). The number of rotatable bonds is 5. The predicted molar refractivity (Wildman–Crippen MR) is 56.6 cm³/mol. The summed E-state index contributed by atoms with van der Waals surface area (Å²) in [5, 5.41) is 14.6. The van der Waals surface area contributed by atoms with E-state index >= 15 is 0 Å². The monoisotopic (exact) mass is 214 g/mol. The minimum Gasteiger partial charge on any atom is -0.481 e. The highest BCUT2D eigenvalue weighted by molar-refractivity contribution is 7.13. The zero-order valence-corrected chi connectivity index (χ0v) is 9.04. The molecule has 5 heteroatoms. The Balaban J connectivity index is 2.45. The van der Waals surface area contributed by atoms with Crippen LogP contribution in [0, 0.1) is 11.8 Å². The van der Waals surface area contributed by atoms with Gasteiger partial charge in [0.1, 0.15) is 0 Å². The molecular formula is C9H14N2O2S. The van der Waals surface area contributed by atoms with E-state index in [2.05, 4.69) is 10.3 Å². The summed E-state index contributed by atoms with van der Waals surface area (Å²) >= 11 is 1.47. The Labute approximate surface area is 87.0 Å². The van der Waals surface area contributed by atoms with Crippen molar-refractivity contribution in [3.63, 3.8) is 0 Å². The maximum Gasteiger partial charge on any atom is 0.308 e. The number of aliphatic carboxylic acids is 1. The predicted octanol–water partition coefficient (Wildman–Crippen LogP) is 1.91. The first-order valence-corrected chi connectivity index (χ1v) is 5.35. The summed E-state index contributed by atoms with van der Waals surface area (Å²) < 4.78 is 0. The molecule has 0 aliphatic carbocycles. The molecule has 2 N–H and O–H groups in total. The van der Waals surface area contributed by atoms with E-state index in [1.54, 1.807) is 6.20 Å². The van der Waals surface area contributed by atoms with Crippen molar-refractivity contribution in [2.24, 2.45) is 11.8 Å². The van der Waals surface area contributed by atoms with Crippen LogP contribution in [-0.4, -0.2) is 22.6 Å². The van der Waals surface area contributed by atoms with E-state index < -0.39 is 5.97 Å². The lowest BCUT2D eigenvalue weighted by Crippen LogP contribution is -2.27. The van der Waals surface area contributed by atoms with Crippen molar-refractivity contribution in [2.75, 3.05) is 11.9 Å². The van der Waals surface area contributed by atoms with Gasteiger partial charge < -0.3 is 10.4 Å². The topological polar surface area (TPSA) is 62.2 Å². The SMILES string of the molecule is CC(C)C(CNc1nccs1)C(=O)O. The van der Waals surface area contributed by atoms with Crippen LogP contribution < -0.4 is 5.32 Å². The number of nitrogens with one attached hydrogen (secondary N) is 1. The average Bonchev–Trinajstić information content (AvgIpc) is 2.55. The molecule has 1 rings (SSSR count). The lowest BCUT2D eigenvalue weighted by Gasteiger charge is -2.15. The van der Waals surface area contributed by atoms with Gasteiger partial charge in [0.2, 0.25) is 0 Å². The van der Waals surface area contributed by atoms with E-state index in [0.29, 0.717) is 6.54 Å². The second-order valence-corrected chi connectivity index (χ2v) is 4.30. The molecule has 4 nitrogen and oxygen atoms in total. The number of nitrogens with zero attached hydrogens (tertiary/aromatic N) is 1. The third-order valence-electron chi connectivity index (χ3n) is 2.03. The highest BCUT2D eigenvalue weighted by Gasteiger charge is 2.21. The van der Waals surface area contributed by atoms with Crippen molar-refractivity contribution >= 4 is 22.4 Å². The van der Waals surface area contributed by atoms with Crippen molar-refractivity contribution < 1.29 is 9.90 Å². The van der Waals surface area contributed by atoms with Crippen LogP contribution in [0.4, 0.5) is 5.13 Å². The molecule has 0 fully saturated rings. The van der Waals surface area contributed by atoms with Crippen LogP contribution in [0.5, 0.6) is 0 Å². The number of carboxylic acid groups (broad SMARTS) is 1. The van der Waals surface area contributed by atoms with Gasteiger partial charge in [-0.25, -0.2) is 4.98 Å². The Morgan fingerprint density at radius 1 is 1.71 bits per heavy atom. The van der Waals surface area contributed by atoms with E-state index in [1.807, 2.05) is 19.2 Å². The van der Waals surface area contributed by atoms with Crippen LogP contribution in [0.2, 0.25) is 0 Å². The van der Waals surface area contributed by atoms with E-state index in [-0.39, 0.29) is 11.8 Å². The third-order valence-corrected chi connectivity index (χ3v) is 2.76. The first kappa shape index (κ1) is 11.0. The van der Waals surface area contributed by atoms with E-state index in [4.69, 9.17) is 5.11 Å². The molecule has 1 atom stereocenters. The summed E-state index contributed by atoms with van der Waals surface area (Å²) in [6, 6.07) is 0. The summed E-state index contributed by atoms with van der Waals surface area (Å²) in [5.74, 6) is -0.997. The zero-order valence-electron chi connectivity index (χ0n) is 8.23. The van der Waals surface area contributed by atoms with E-state index in [0.717, 1.165) is 5.13 Å². The van der Waals surface area contributed by atoms with Crippen molar-refractivity contribution in [1.29, 1.82) is 0 Å². The number of carbonyl (C=O) groups is 1. The lowest BCUT2D eigenvalue weighted by molar-refractivity contribution is -0.142. The summed E-state index contributed by atoms with van der Waals surface area (Å²) in [6.07, 6.45) is 1.69. The molecule has 1 unspecified atom stereocenters. The van der Waals surface area contributed by atoms with Gasteiger partial charge in [-0.15, -0.1) is 11.3 Å². The van der Waals surface area contributed by atoms with Gasteiger partial charge in [-0.1, -0.05) is 13.8 Å². The molecule has 1 aromatic heterocycles. The van der Waals surface area contributed by atoms with Crippen molar-refractivity contribution in [3.8, 4) is 0 Å². The van der Waals surface area contributed by atoms with Crippen LogP contribution in [0.1, 0.15) is 13.8 Å². The molecule has 0 aliphatic rings. The fourth-order valence-electron chi connectivity index (χ4n) is 1.12. The highest BCUT2D eigenvalue weighted by atomic mass is 32.1. The molecule has 0 radical (unpaired) electrons. The third kappa shape index (κ3) is 2.99. The number of thiazole rings is 1. The molecular weight excluding hydrogens is 200 g/mol. The number of carboxylic acids is 1. The zero-order chi connectivity index (χ0) is 10.6. The van der Waals surface area contributed by atoms with Gasteiger partial charge in [0.25, 0.3) is 0 Å². The van der Waals surface area contributed by atoms with E-state index in [9.17, 15) is 4.79 Å². The lowest BCUT2D eigenvalue weighted by atomic mass is 9.96. The smallest absolute Gasteiger partial charge is 0.308 e. The summed E-state index contributed by atoms with van der Waals surface area (Å²) in [7, 11) is 0. The molecule has 0 saturated heterocycles.